The molecule has 1 heterocycles. The van der Waals surface area contributed by atoms with Gasteiger partial charge in [0.1, 0.15) is 0 Å². The predicted octanol–water partition coefficient (Wildman–Crippen LogP) is 2.03. The van der Waals surface area contributed by atoms with Crippen molar-refractivity contribution < 1.29 is 4.79 Å². The minimum absolute atomic E-state index is 0.144. The van der Waals surface area contributed by atoms with E-state index in [0.717, 1.165) is 31.9 Å². The molecule has 1 aromatic carbocycles. The number of likely N-dealkylation sites (N-methyl/N-ethyl adjacent to an activating group) is 1. The van der Waals surface area contributed by atoms with Crippen molar-refractivity contribution in [1.82, 2.24) is 10.2 Å². The first-order valence-electron chi connectivity index (χ1n) is 7.48. The van der Waals surface area contributed by atoms with Gasteiger partial charge in [0.25, 0.3) is 0 Å². The molecule has 1 aliphatic heterocycles. The lowest BCUT2D eigenvalue weighted by atomic mass is 9.96. The molecule has 4 nitrogen and oxygen atoms in total. The Morgan fingerprint density at radius 3 is 2.70 bits per heavy atom. The molecule has 20 heavy (non-hydrogen) atoms. The van der Waals surface area contributed by atoms with Gasteiger partial charge >= 0.3 is 0 Å². The Labute approximate surface area is 121 Å². The Kier molecular flexibility index (Phi) is 5.15. The second-order valence-electron chi connectivity index (χ2n) is 5.25. The molecule has 0 saturated carbocycles. The summed E-state index contributed by atoms with van der Waals surface area (Å²) < 4.78 is 0. The van der Waals surface area contributed by atoms with Crippen LogP contribution in [0, 0.1) is 0 Å². The molecule has 1 aliphatic rings. The van der Waals surface area contributed by atoms with Gasteiger partial charge in [0, 0.05) is 38.3 Å². The number of carbonyl (C=O) groups excluding carboxylic acids is 1. The Bertz CT molecular complexity index is 457. The second-order valence-corrected chi connectivity index (χ2v) is 5.25. The molecule has 1 aromatic rings. The molecule has 1 unspecified atom stereocenters. The average molecular weight is 275 g/mol. The van der Waals surface area contributed by atoms with Crippen molar-refractivity contribution in [2.45, 2.75) is 26.3 Å². The van der Waals surface area contributed by atoms with Crippen LogP contribution in [0.1, 0.15) is 31.9 Å². The van der Waals surface area contributed by atoms with Crippen molar-refractivity contribution in [2.75, 3.05) is 38.1 Å². The van der Waals surface area contributed by atoms with E-state index in [4.69, 9.17) is 0 Å². The van der Waals surface area contributed by atoms with Crippen LogP contribution in [0.5, 0.6) is 0 Å². The maximum absolute atomic E-state index is 12.1. The highest BCUT2D eigenvalue weighted by Crippen LogP contribution is 2.33. The number of nitrogens with zero attached hydrogens (tertiary/aromatic N) is 2. The molecule has 0 fully saturated rings. The number of hydrogen-bond acceptors (Lipinski definition) is 3. The zero-order valence-corrected chi connectivity index (χ0v) is 12.7. The van der Waals surface area contributed by atoms with E-state index >= 15 is 0 Å². The minimum atomic E-state index is 0.144. The van der Waals surface area contributed by atoms with Gasteiger partial charge in [-0.25, -0.2) is 0 Å². The molecular weight excluding hydrogens is 250 g/mol. The van der Waals surface area contributed by atoms with E-state index in [1.54, 1.807) is 4.90 Å². The molecule has 0 aromatic heterocycles. The summed E-state index contributed by atoms with van der Waals surface area (Å²) in [6.07, 6.45) is 0.547. The van der Waals surface area contributed by atoms with Crippen LogP contribution in [0.3, 0.4) is 0 Å². The molecule has 0 radical (unpaired) electrons. The number of nitrogens with one attached hydrogen (secondary N) is 1. The summed E-state index contributed by atoms with van der Waals surface area (Å²) in [6, 6.07) is 8.31. The van der Waals surface area contributed by atoms with Gasteiger partial charge in [-0.1, -0.05) is 32.0 Å². The van der Waals surface area contributed by atoms with Crippen LogP contribution in [0.4, 0.5) is 5.69 Å². The highest BCUT2D eigenvalue weighted by molar-refractivity contribution is 5.96. The lowest BCUT2D eigenvalue weighted by molar-refractivity contribution is -0.119. The summed E-state index contributed by atoms with van der Waals surface area (Å²) in [4.78, 5) is 16.2. The molecule has 4 heteroatoms. The summed E-state index contributed by atoms with van der Waals surface area (Å²) in [5.74, 6) is 0.184. The molecule has 2 rings (SSSR count). The fourth-order valence-corrected chi connectivity index (χ4v) is 2.76. The topological polar surface area (TPSA) is 35.6 Å². The van der Waals surface area contributed by atoms with Crippen molar-refractivity contribution in [2.24, 2.45) is 0 Å². The number of amides is 1. The largest absolute Gasteiger partial charge is 0.315 e. The van der Waals surface area contributed by atoms with Crippen molar-refractivity contribution in [3.8, 4) is 0 Å². The number of rotatable bonds is 6. The van der Waals surface area contributed by atoms with Gasteiger partial charge in [0.2, 0.25) is 5.91 Å². The van der Waals surface area contributed by atoms with Crippen LogP contribution in [0.15, 0.2) is 24.3 Å². The van der Waals surface area contributed by atoms with Gasteiger partial charge < -0.3 is 15.1 Å². The quantitative estimate of drug-likeness (QED) is 0.863. The van der Waals surface area contributed by atoms with Gasteiger partial charge in [-0.15, -0.1) is 0 Å². The van der Waals surface area contributed by atoms with E-state index < -0.39 is 0 Å². The molecule has 0 bridgehead atoms. The first-order valence-corrected chi connectivity index (χ1v) is 7.48. The first kappa shape index (κ1) is 15.0. The third-order valence-electron chi connectivity index (χ3n) is 4.14. The van der Waals surface area contributed by atoms with Gasteiger partial charge in [0.15, 0.2) is 0 Å². The number of hydrogen-bond donors (Lipinski definition) is 1. The van der Waals surface area contributed by atoms with Gasteiger partial charge in [-0.3, -0.25) is 4.79 Å². The van der Waals surface area contributed by atoms with Crippen LogP contribution in [0.25, 0.3) is 0 Å². The normalized spacial score (nSPS) is 18.5. The van der Waals surface area contributed by atoms with E-state index in [0.29, 0.717) is 6.42 Å². The number of carbonyl (C=O) groups is 1. The molecule has 0 saturated heterocycles. The van der Waals surface area contributed by atoms with E-state index in [-0.39, 0.29) is 11.9 Å². The third-order valence-corrected chi connectivity index (χ3v) is 4.14. The minimum Gasteiger partial charge on any atom is -0.315 e. The highest BCUT2D eigenvalue weighted by atomic mass is 16.2. The molecule has 1 atom stereocenters. The monoisotopic (exact) mass is 275 g/mol. The fourth-order valence-electron chi connectivity index (χ4n) is 2.76. The first-order chi connectivity index (χ1) is 9.67. The maximum Gasteiger partial charge on any atom is 0.228 e. The Morgan fingerprint density at radius 1 is 1.30 bits per heavy atom. The lowest BCUT2D eigenvalue weighted by Crippen LogP contribution is -2.40. The standard InChI is InChI=1S/C16H25N3O/c1-4-19(5-2)11-10-17-14-12-16(20)18(3)15-9-7-6-8-13(14)15/h6-9,14,17H,4-5,10-12H2,1-3H3. The number of fused-ring (bicyclic) bond motifs is 1. The summed E-state index contributed by atoms with van der Waals surface area (Å²) in [5, 5.41) is 3.54. The van der Waals surface area contributed by atoms with E-state index in [2.05, 4.69) is 30.1 Å². The van der Waals surface area contributed by atoms with Gasteiger partial charge in [0.05, 0.1) is 0 Å². The zero-order valence-electron chi connectivity index (χ0n) is 12.7. The smallest absolute Gasteiger partial charge is 0.228 e. The molecule has 110 valence electrons. The van der Waals surface area contributed by atoms with Crippen molar-refractivity contribution in [3.05, 3.63) is 29.8 Å². The summed E-state index contributed by atoms with van der Waals surface area (Å²) >= 11 is 0. The zero-order chi connectivity index (χ0) is 14.5. The number of para-hydroxylation sites is 1. The average Bonchev–Trinajstić information content (AvgIpc) is 2.48. The maximum atomic E-state index is 12.1. The van der Waals surface area contributed by atoms with Gasteiger partial charge in [-0.2, -0.15) is 0 Å². The third kappa shape index (κ3) is 3.19. The Morgan fingerprint density at radius 2 is 2.00 bits per heavy atom. The summed E-state index contributed by atoms with van der Waals surface area (Å²) in [5.41, 5.74) is 2.26. The molecule has 1 amide bonds. The van der Waals surface area contributed by atoms with Crippen molar-refractivity contribution in [1.29, 1.82) is 0 Å². The number of benzene rings is 1. The molecule has 0 aliphatic carbocycles. The van der Waals surface area contributed by atoms with Gasteiger partial charge in [-0.05, 0) is 24.7 Å². The Balaban J connectivity index is 2.02. The van der Waals surface area contributed by atoms with Crippen LogP contribution >= 0.6 is 0 Å². The van der Waals surface area contributed by atoms with E-state index in [1.807, 2.05) is 25.2 Å². The van der Waals surface area contributed by atoms with Crippen molar-refractivity contribution in [3.63, 3.8) is 0 Å². The van der Waals surface area contributed by atoms with Crippen LogP contribution in [0.2, 0.25) is 0 Å². The highest BCUT2D eigenvalue weighted by Gasteiger charge is 2.28. The van der Waals surface area contributed by atoms with E-state index in [9.17, 15) is 4.79 Å². The summed E-state index contributed by atoms with van der Waals surface area (Å²) in [6.45, 7) is 8.44. The lowest BCUT2D eigenvalue weighted by Gasteiger charge is -2.32. The molecule has 0 spiro atoms. The van der Waals surface area contributed by atoms with Crippen LogP contribution < -0.4 is 10.2 Å². The SMILES string of the molecule is CCN(CC)CCNC1CC(=O)N(C)c2ccccc21. The van der Waals surface area contributed by atoms with Crippen LogP contribution in [-0.4, -0.2) is 44.0 Å². The second kappa shape index (κ2) is 6.86. The van der Waals surface area contributed by atoms with Crippen LogP contribution in [-0.2, 0) is 4.79 Å². The number of anilines is 1. The fraction of sp³-hybridized carbons (Fsp3) is 0.562. The van der Waals surface area contributed by atoms with E-state index in [1.165, 1.54) is 5.56 Å². The summed E-state index contributed by atoms with van der Waals surface area (Å²) in [7, 11) is 1.85. The van der Waals surface area contributed by atoms with Crippen molar-refractivity contribution >= 4 is 11.6 Å². The molecule has 1 N–H and O–H groups in total. The predicted molar refractivity (Wildman–Crippen MR) is 83.0 cm³/mol. The Hall–Kier alpha value is -1.39. The molecular formula is C16H25N3O.